The lowest BCUT2D eigenvalue weighted by Gasteiger charge is -2.31. The zero-order valence-electron chi connectivity index (χ0n) is 16.3. The fourth-order valence-electron chi connectivity index (χ4n) is 3.25. The van der Waals surface area contributed by atoms with Gasteiger partial charge < -0.3 is 5.11 Å². The van der Waals surface area contributed by atoms with Crippen molar-refractivity contribution in [1.29, 1.82) is 0 Å². The summed E-state index contributed by atoms with van der Waals surface area (Å²) in [7, 11) is 0. The van der Waals surface area contributed by atoms with Gasteiger partial charge >= 0.3 is 0 Å². The number of imide groups is 1. The van der Waals surface area contributed by atoms with Crippen molar-refractivity contribution in [3.63, 3.8) is 0 Å². The molecule has 1 aromatic heterocycles. The van der Waals surface area contributed by atoms with Gasteiger partial charge in [0, 0.05) is 16.7 Å². The van der Waals surface area contributed by atoms with E-state index >= 15 is 0 Å². The molecule has 32 heavy (non-hydrogen) atoms. The van der Waals surface area contributed by atoms with Crippen LogP contribution in [0.3, 0.4) is 0 Å². The second-order valence-electron chi connectivity index (χ2n) is 7.03. The first-order chi connectivity index (χ1) is 15.2. The number of nitrogens with zero attached hydrogens (tertiary/aromatic N) is 4. The third-order valence-corrected chi connectivity index (χ3v) is 5.92. The van der Waals surface area contributed by atoms with Gasteiger partial charge in [-0.2, -0.15) is 15.0 Å². The van der Waals surface area contributed by atoms with Gasteiger partial charge in [-0.15, -0.1) is 0 Å². The molecule has 2 heterocycles. The maximum absolute atomic E-state index is 14.6. The van der Waals surface area contributed by atoms with Crippen LogP contribution in [0.4, 0.5) is 13.6 Å². The number of aromatic nitrogens is 3. The van der Waals surface area contributed by atoms with E-state index in [1.807, 2.05) is 0 Å². The van der Waals surface area contributed by atoms with Gasteiger partial charge in [0.1, 0.15) is 17.2 Å². The topological polar surface area (TPSA) is 88.3 Å². The molecule has 0 radical (unpaired) electrons. The summed E-state index contributed by atoms with van der Waals surface area (Å²) in [5.41, 5.74) is -1.75. The maximum Gasteiger partial charge on any atom is 0.293 e. The minimum absolute atomic E-state index is 0.136. The first kappa shape index (κ1) is 22.1. The molecule has 0 saturated carbocycles. The van der Waals surface area contributed by atoms with E-state index in [1.54, 1.807) is 24.3 Å². The smallest absolute Gasteiger partial charge is 0.293 e. The Labute approximate surface area is 190 Å². The molecule has 11 heteroatoms. The normalized spacial score (nSPS) is 17.2. The lowest BCUT2D eigenvalue weighted by Crippen LogP contribution is -2.46. The van der Waals surface area contributed by atoms with Crippen LogP contribution >= 0.6 is 23.4 Å². The van der Waals surface area contributed by atoms with Crippen LogP contribution in [0.5, 0.6) is 0 Å². The molecule has 3 aromatic rings. The van der Waals surface area contributed by atoms with Crippen LogP contribution in [0.1, 0.15) is 11.1 Å². The average Bonchev–Trinajstić information content (AvgIpc) is 3.33. The molecule has 0 spiro atoms. The molecule has 1 aliphatic rings. The van der Waals surface area contributed by atoms with Crippen molar-refractivity contribution in [1.82, 2.24) is 19.9 Å². The molecule has 1 atom stereocenters. The fourth-order valence-corrected chi connectivity index (χ4v) is 4.22. The van der Waals surface area contributed by atoms with Gasteiger partial charge in [-0.25, -0.2) is 8.78 Å². The predicted octanol–water partition coefficient (Wildman–Crippen LogP) is 3.83. The van der Waals surface area contributed by atoms with E-state index in [2.05, 4.69) is 10.2 Å². The Kier molecular flexibility index (Phi) is 6.09. The van der Waals surface area contributed by atoms with Crippen molar-refractivity contribution in [3.8, 4) is 0 Å². The molecular formula is C21H15ClF2N4O3S. The number of β-amino-alcohol motifs (C(OH)–C–C–N with tert-alkyl or cyclic N) is 1. The van der Waals surface area contributed by atoms with Gasteiger partial charge in [0.15, 0.2) is 0 Å². The first-order valence-corrected chi connectivity index (χ1v) is 10.5. The number of aliphatic hydroxyl groups is 1. The highest BCUT2D eigenvalue weighted by molar-refractivity contribution is 8.18. The van der Waals surface area contributed by atoms with E-state index in [0.29, 0.717) is 28.4 Å². The second kappa shape index (κ2) is 8.81. The van der Waals surface area contributed by atoms with Gasteiger partial charge in [-0.1, -0.05) is 29.8 Å². The Hall–Kier alpha value is -3.08. The van der Waals surface area contributed by atoms with Gasteiger partial charge in [0.2, 0.25) is 0 Å². The highest BCUT2D eigenvalue weighted by atomic mass is 35.5. The van der Waals surface area contributed by atoms with Crippen LogP contribution < -0.4 is 0 Å². The van der Waals surface area contributed by atoms with E-state index < -0.39 is 34.9 Å². The Bertz CT molecular complexity index is 1200. The van der Waals surface area contributed by atoms with E-state index in [-0.39, 0.29) is 17.0 Å². The summed E-state index contributed by atoms with van der Waals surface area (Å²) in [6.45, 7) is -0.958. The zero-order chi connectivity index (χ0) is 22.9. The van der Waals surface area contributed by atoms with E-state index in [4.69, 9.17) is 11.6 Å². The van der Waals surface area contributed by atoms with Crippen molar-refractivity contribution in [2.75, 3.05) is 6.54 Å². The van der Waals surface area contributed by atoms with Crippen LogP contribution in [-0.4, -0.2) is 42.7 Å². The Morgan fingerprint density at radius 3 is 2.41 bits per heavy atom. The van der Waals surface area contributed by atoms with Crippen molar-refractivity contribution < 1.29 is 23.5 Å². The van der Waals surface area contributed by atoms with Crippen molar-refractivity contribution in [2.24, 2.45) is 0 Å². The summed E-state index contributed by atoms with van der Waals surface area (Å²) in [5.74, 6) is -2.50. The summed E-state index contributed by atoms with van der Waals surface area (Å²) >= 11 is 6.56. The van der Waals surface area contributed by atoms with Crippen LogP contribution in [0.15, 0.2) is 59.8 Å². The summed E-state index contributed by atoms with van der Waals surface area (Å²) in [5, 5.41) is 19.1. The number of hydrogen-bond acceptors (Lipinski definition) is 6. The molecule has 2 amide bonds. The van der Waals surface area contributed by atoms with Gasteiger partial charge in [0.25, 0.3) is 11.1 Å². The largest absolute Gasteiger partial charge is 0.381 e. The molecular weight excluding hydrogens is 462 g/mol. The minimum atomic E-state index is -2.11. The standard InChI is InChI=1S/C21H15ClF2N4O3S/c22-14-3-1-13(2-4-14)9-18-19(29)27(20(30)32-18)11-21(31,12-28-25-7-8-26-28)16-6-5-15(23)10-17(16)24/h1-10,31H,11-12H2/b18-9-. The molecule has 2 aromatic carbocycles. The minimum Gasteiger partial charge on any atom is -0.381 e. The molecule has 7 nitrogen and oxygen atoms in total. The van der Waals surface area contributed by atoms with Crippen LogP contribution in [0.25, 0.3) is 6.08 Å². The number of thioether (sulfide) groups is 1. The first-order valence-electron chi connectivity index (χ1n) is 9.28. The Morgan fingerprint density at radius 1 is 1.06 bits per heavy atom. The Balaban J connectivity index is 1.66. The van der Waals surface area contributed by atoms with Crippen molar-refractivity contribution >= 4 is 40.6 Å². The third kappa shape index (κ3) is 4.57. The highest BCUT2D eigenvalue weighted by Crippen LogP contribution is 2.36. The molecule has 1 N–H and O–H groups in total. The quantitative estimate of drug-likeness (QED) is 0.544. The van der Waals surface area contributed by atoms with Crippen LogP contribution in [0.2, 0.25) is 5.02 Å². The summed E-state index contributed by atoms with van der Waals surface area (Å²) in [6.07, 6.45) is 4.24. The van der Waals surface area contributed by atoms with Crippen molar-refractivity contribution in [3.05, 3.63) is 87.5 Å². The lowest BCUT2D eigenvalue weighted by atomic mass is 9.92. The summed E-state index contributed by atoms with van der Waals surface area (Å²) in [6, 6.07) is 9.32. The van der Waals surface area contributed by atoms with Crippen LogP contribution in [-0.2, 0) is 16.9 Å². The molecule has 1 unspecified atom stereocenters. The number of carbonyl (C=O) groups excluding carboxylic acids is 2. The second-order valence-corrected chi connectivity index (χ2v) is 8.46. The van der Waals surface area contributed by atoms with E-state index in [9.17, 15) is 23.5 Å². The molecule has 164 valence electrons. The molecule has 1 fully saturated rings. The number of carbonyl (C=O) groups is 2. The fraction of sp³-hybridized carbons (Fsp3) is 0.143. The SMILES string of the molecule is O=C1S/C(=C\c2ccc(Cl)cc2)C(=O)N1CC(O)(Cn1nccn1)c1ccc(F)cc1F. The predicted molar refractivity (Wildman–Crippen MR) is 114 cm³/mol. The molecule has 1 aliphatic heterocycles. The Morgan fingerprint density at radius 2 is 1.75 bits per heavy atom. The maximum atomic E-state index is 14.6. The van der Waals surface area contributed by atoms with E-state index in [0.717, 1.165) is 21.8 Å². The van der Waals surface area contributed by atoms with Crippen molar-refractivity contribution in [2.45, 2.75) is 12.1 Å². The third-order valence-electron chi connectivity index (χ3n) is 4.76. The lowest BCUT2D eigenvalue weighted by molar-refractivity contribution is -0.126. The zero-order valence-corrected chi connectivity index (χ0v) is 17.9. The van der Waals surface area contributed by atoms with E-state index in [1.165, 1.54) is 18.5 Å². The number of amides is 2. The summed E-state index contributed by atoms with van der Waals surface area (Å²) < 4.78 is 28.0. The monoisotopic (exact) mass is 476 g/mol. The molecule has 0 bridgehead atoms. The van der Waals surface area contributed by atoms with Gasteiger partial charge in [0.05, 0.1) is 30.4 Å². The van der Waals surface area contributed by atoms with Gasteiger partial charge in [-0.05, 0) is 41.6 Å². The van der Waals surface area contributed by atoms with Gasteiger partial charge in [-0.3, -0.25) is 14.5 Å². The van der Waals surface area contributed by atoms with Crippen LogP contribution in [0, 0.1) is 11.6 Å². The number of benzene rings is 2. The molecule has 4 rings (SSSR count). The molecule has 0 aliphatic carbocycles. The summed E-state index contributed by atoms with van der Waals surface area (Å²) in [4.78, 5) is 27.6. The molecule has 1 saturated heterocycles. The average molecular weight is 477 g/mol. The number of halogens is 3. The highest BCUT2D eigenvalue weighted by Gasteiger charge is 2.43. The number of rotatable bonds is 6. The number of hydrogen-bond donors (Lipinski definition) is 1.